The Kier molecular flexibility index (Phi) is 5.47. The number of hydrogen-bond acceptors (Lipinski definition) is 4. The van der Waals surface area contributed by atoms with Crippen molar-refractivity contribution in [1.82, 2.24) is 20.1 Å². The van der Waals surface area contributed by atoms with Crippen molar-refractivity contribution in [1.29, 1.82) is 0 Å². The second-order valence-electron chi connectivity index (χ2n) is 3.98. The fourth-order valence-corrected chi connectivity index (χ4v) is 1.45. The van der Waals surface area contributed by atoms with Gasteiger partial charge < -0.3 is 11.1 Å². The molecule has 2 aromatic heterocycles. The minimum Gasteiger partial charge on any atom is -0.351 e. The SMILES string of the molecule is CC(N)C(=O)NCc1ccnc(-n2cccn2)c1.Cl. The third kappa shape index (κ3) is 4.04. The van der Waals surface area contributed by atoms with Gasteiger partial charge in [0.25, 0.3) is 0 Å². The summed E-state index contributed by atoms with van der Waals surface area (Å²) in [5, 5.41) is 6.85. The summed E-state index contributed by atoms with van der Waals surface area (Å²) in [6.07, 6.45) is 5.18. The number of pyridine rings is 1. The molecule has 0 bridgehead atoms. The van der Waals surface area contributed by atoms with E-state index < -0.39 is 6.04 Å². The number of carbonyl (C=O) groups is 1. The predicted molar refractivity (Wildman–Crippen MR) is 74.1 cm³/mol. The van der Waals surface area contributed by atoms with Gasteiger partial charge in [0.1, 0.15) is 0 Å². The van der Waals surface area contributed by atoms with Gasteiger partial charge >= 0.3 is 0 Å². The first-order valence-corrected chi connectivity index (χ1v) is 5.65. The molecule has 0 saturated carbocycles. The third-order valence-electron chi connectivity index (χ3n) is 2.43. The second-order valence-corrected chi connectivity index (χ2v) is 3.98. The molecule has 0 radical (unpaired) electrons. The number of hydrogen-bond donors (Lipinski definition) is 2. The third-order valence-corrected chi connectivity index (χ3v) is 2.43. The topological polar surface area (TPSA) is 85.8 Å². The average Bonchev–Trinajstić information content (AvgIpc) is 2.90. The lowest BCUT2D eigenvalue weighted by Crippen LogP contribution is -2.37. The molecule has 0 fully saturated rings. The highest BCUT2D eigenvalue weighted by atomic mass is 35.5. The molecule has 2 rings (SSSR count). The molecule has 0 aliphatic rings. The Balaban J connectivity index is 0.00000180. The molecular formula is C12H16ClN5O. The fourth-order valence-electron chi connectivity index (χ4n) is 1.45. The van der Waals surface area contributed by atoms with E-state index in [0.29, 0.717) is 12.4 Å². The zero-order valence-electron chi connectivity index (χ0n) is 10.5. The molecule has 1 atom stereocenters. The number of amides is 1. The number of halogens is 1. The number of nitrogens with one attached hydrogen (secondary N) is 1. The summed E-state index contributed by atoms with van der Waals surface area (Å²) in [6.45, 7) is 2.08. The monoisotopic (exact) mass is 281 g/mol. The van der Waals surface area contributed by atoms with Crippen LogP contribution in [0, 0.1) is 0 Å². The zero-order valence-corrected chi connectivity index (χ0v) is 11.3. The Morgan fingerprint density at radius 2 is 2.32 bits per heavy atom. The van der Waals surface area contributed by atoms with Crippen LogP contribution in [0.4, 0.5) is 0 Å². The van der Waals surface area contributed by atoms with Crippen LogP contribution < -0.4 is 11.1 Å². The van der Waals surface area contributed by atoms with Crippen LogP contribution >= 0.6 is 12.4 Å². The standard InChI is InChI=1S/C12H15N5O.ClH/c1-9(13)12(18)15-8-10-3-5-14-11(7-10)17-6-2-4-16-17;/h2-7,9H,8,13H2,1H3,(H,15,18);1H. The summed E-state index contributed by atoms with van der Waals surface area (Å²) >= 11 is 0. The first-order chi connectivity index (χ1) is 8.66. The van der Waals surface area contributed by atoms with E-state index in [1.807, 2.05) is 24.4 Å². The maximum atomic E-state index is 11.4. The highest BCUT2D eigenvalue weighted by Crippen LogP contribution is 2.05. The number of carbonyl (C=O) groups excluding carboxylic acids is 1. The molecule has 7 heteroatoms. The van der Waals surface area contributed by atoms with Crippen LogP contribution in [-0.2, 0) is 11.3 Å². The molecule has 102 valence electrons. The average molecular weight is 282 g/mol. The minimum absolute atomic E-state index is 0. The second kappa shape index (κ2) is 6.86. The quantitative estimate of drug-likeness (QED) is 0.862. The molecule has 0 saturated heterocycles. The Morgan fingerprint density at radius 3 is 2.95 bits per heavy atom. The molecule has 1 unspecified atom stereocenters. The maximum Gasteiger partial charge on any atom is 0.236 e. The Bertz CT molecular complexity index is 527. The lowest BCUT2D eigenvalue weighted by molar-refractivity contribution is -0.122. The van der Waals surface area contributed by atoms with Crippen molar-refractivity contribution >= 4 is 18.3 Å². The van der Waals surface area contributed by atoms with Gasteiger partial charge in [-0.3, -0.25) is 4.79 Å². The molecular weight excluding hydrogens is 266 g/mol. The lowest BCUT2D eigenvalue weighted by atomic mass is 10.2. The number of nitrogens with two attached hydrogens (primary N) is 1. The summed E-state index contributed by atoms with van der Waals surface area (Å²) in [7, 11) is 0. The van der Waals surface area contributed by atoms with Gasteiger partial charge in [-0.1, -0.05) is 0 Å². The van der Waals surface area contributed by atoms with Gasteiger partial charge in [0.2, 0.25) is 5.91 Å². The van der Waals surface area contributed by atoms with E-state index in [2.05, 4.69) is 15.4 Å². The Morgan fingerprint density at radius 1 is 1.53 bits per heavy atom. The Labute approximate surface area is 117 Å². The lowest BCUT2D eigenvalue weighted by Gasteiger charge is -2.08. The molecule has 0 aliphatic carbocycles. The van der Waals surface area contributed by atoms with Crippen LogP contribution in [0.2, 0.25) is 0 Å². The van der Waals surface area contributed by atoms with Crippen molar-refractivity contribution in [2.45, 2.75) is 19.5 Å². The molecule has 1 amide bonds. The van der Waals surface area contributed by atoms with Crippen LogP contribution in [0.5, 0.6) is 0 Å². The van der Waals surface area contributed by atoms with Gasteiger partial charge in [-0.15, -0.1) is 12.4 Å². The van der Waals surface area contributed by atoms with Crippen LogP contribution in [0.3, 0.4) is 0 Å². The molecule has 6 nitrogen and oxygen atoms in total. The van der Waals surface area contributed by atoms with Crippen molar-refractivity contribution in [3.63, 3.8) is 0 Å². The smallest absolute Gasteiger partial charge is 0.236 e. The first kappa shape index (κ1) is 15.1. The number of nitrogens with zero attached hydrogens (tertiary/aromatic N) is 3. The summed E-state index contributed by atoms with van der Waals surface area (Å²) in [5.74, 6) is 0.542. The normalized spacial score (nSPS) is 11.5. The molecule has 3 N–H and O–H groups in total. The molecule has 0 aromatic carbocycles. The minimum atomic E-state index is -0.502. The van der Waals surface area contributed by atoms with E-state index in [1.54, 1.807) is 24.0 Å². The molecule has 2 aromatic rings. The van der Waals surface area contributed by atoms with Gasteiger partial charge in [0.15, 0.2) is 5.82 Å². The van der Waals surface area contributed by atoms with E-state index in [1.165, 1.54) is 0 Å². The van der Waals surface area contributed by atoms with E-state index >= 15 is 0 Å². The van der Waals surface area contributed by atoms with Crippen molar-refractivity contribution < 1.29 is 4.79 Å². The van der Waals surface area contributed by atoms with Crippen molar-refractivity contribution in [3.05, 3.63) is 42.4 Å². The highest BCUT2D eigenvalue weighted by molar-refractivity contribution is 5.85. The van der Waals surface area contributed by atoms with Gasteiger partial charge in [0, 0.05) is 25.1 Å². The summed E-state index contributed by atoms with van der Waals surface area (Å²) in [4.78, 5) is 15.6. The van der Waals surface area contributed by atoms with E-state index in [0.717, 1.165) is 5.56 Å². The van der Waals surface area contributed by atoms with Crippen LogP contribution in [0.1, 0.15) is 12.5 Å². The summed E-state index contributed by atoms with van der Waals surface area (Å²) < 4.78 is 1.66. The van der Waals surface area contributed by atoms with Gasteiger partial charge in [-0.05, 0) is 30.7 Å². The van der Waals surface area contributed by atoms with E-state index in [4.69, 9.17) is 5.73 Å². The fraction of sp³-hybridized carbons (Fsp3) is 0.250. The highest BCUT2D eigenvalue weighted by Gasteiger charge is 2.06. The van der Waals surface area contributed by atoms with Gasteiger partial charge in [0.05, 0.1) is 6.04 Å². The predicted octanol–water partition coefficient (Wildman–Crippen LogP) is 0.652. The van der Waals surface area contributed by atoms with E-state index in [-0.39, 0.29) is 18.3 Å². The summed E-state index contributed by atoms with van der Waals surface area (Å²) in [5.41, 5.74) is 6.42. The summed E-state index contributed by atoms with van der Waals surface area (Å²) in [6, 6.07) is 5.03. The van der Waals surface area contributed by atoms with Gasteiger partial charge in [-0.2, -0.15) is 5.10 Å². The molecule has 0 aliphatic heterocycles. The van der Waals surface area contributed by atoms with Crippen molar-refractivity contribution in [2.75, 3.05) is 0 Å². The molecule has 19 heavy (non-hydrogen) atoms. The van der Waals surface area contributed by atoms with E-state index in [9.17, 15) is 4.79 Å². The van der Waals surface area contributed by atoms with Crippen LogP contribution in [-0.4, -0.2) is 26.7 Å². The molecule has 2 heterocycles. The first-order valence-electron chi connectivity index (χ1n) is 5.65. The zero-order chi connectivity index (χ0) is 13.0. The van der Waals surface area contributed by atoms with Gasteiger partial charge in [-0.25, -0.2) is 9.67 Å². The van der Waals surface area contributed by atoms with Crippen molar-refractivity contribution in [3.8, 4) is 5.82 Å². The van der Waals surface area contributed by atoms with Crippen LogP contribution in [0.25, 0.3) is 5.82 Å². The Hall–Kier alpha value is -1.92. The largest absolute Gasteiger partial charge is 0.351 e. The van der Waals surface area contributed by atoms with Crippen LogP contribution in [0.15, 0.2) is 36.8 Å². The number of aromatic nitrogens is 3. The number of rotatable bonds is 4. The molecule has 0 spiro atoms. The maximum absolute atomic E-state index is 11.4. The van der Waals surface area contributed by atoms with Crippen molar-refractivity contribution in [2.24, 2.45) is 5.73 Å².